The van der Waals surface area contributed by atoms with Gasteiger partial charge in [0.1, 0.15) is 11.5 Å². The van der Waals surface area contributed by atoms with E-state index >= 15 is 0 Å². The highest BCUT2D eigenvalue weighted by Crippen LogP contribution is 2.52. The van der Waals surface area contributed by atoms with Crippen LogP contribution in [0, 0.1) is 11.8 Å². The Kier molecular flexibility index (Phi) is 4.20. The van der Waals surface area contributed by atoms with E-state index in [0.717, 1.165) is 23.0 Å². The number of amides is 1. The molecule has 4 rings (SSSR count). The van der Waals surface area contributed by atoms with Gasteiger partial charge < -0.3 is 14.4 Å². The number of ether oxygens (including phenoxy) is 2. The lowest BCUT2D eigenvalue weighted by Gasteiger charge is -2.22. The van der Waals surface area contributed by atoms with Gasteiger partial charge in [0.05, 0.1) is 25.2 Å². The summed E-state index contributed by atoms with van der Waals surface area (Å²) in [5.74, 6) is -1.43. The molecule has 5 nitrogen and oxygen atoms in total. The largest absolute Gasteiger partial charge is 0.465 e. The molecule has 25 heavy (non-hydrogen) atoms. The fourth-order valence-electron chi connectivity index (χ4n) is 4.02. The molecule has 0 N–H and O–H groups in total. The number of esters is 1. The van der Waals surface area contributed by atoms with Crippen LogP contribution < -0.4 is 4.90 Å². The summed E-state index contributed by atoms with van der Waals surface area (Å²) in [5.41, 5.74) is 0.110. The number of fused-ring (bicyclic) bond motifs is 1. The molecule has 3 aliphatic heterocycles. The van der Waals surface area contributed by atoms with E-state index in [-0.39, 0.29) is 18.0 Å². The van der Waals surface area contributed by atoms with Gasteiger partial charge in [0.2, 0.25) is 5.91 Å². The predicted molar refractivity (Wildman–Crippen MR) is 96.1 cm³/mol. The van der Waals surface area contributed by atoms with Crippen LogP contribution >= 0.6 is 15.9 Å². The highest BCUT2D eigenvalue weighted by molar-refractivity contribution is 9.10. The fraction of sp³-hybridized carbons (Fsp3) is 0.474. The van der Waals surface area contributed by atoms with Crippen molar-refractivity contribution in [2.24, 2.45) is 11.8 Å². The van der Waals surface area contributed by atoms with Crippen molar-refractivity contribution in [2.75, 3.05) is 18.1 Å². The number of anilines is 1. The van der Waals surface area contributed by atoms with Crippen molar-refractivity contribution in [1.29, 1.82) is 0 Å². The van der Waals surface area contributed by atoms with Crippen LogP contribution in [0.15, 0.2) is 40.9 Å². The van der Waals surface area contributed by atoms with Gasteiger partial charge in [-0.15, -0.1) is 0 Å². The van der Waals surface area contributed by atoms with Crippen LogP contribution in [-0.2, 0) is 19.1 Å². The van der Waals surface area contributed by atoms with E-state index in [1.165, 1.54) is 0 Å². The van der Waals surface area contributed by atoms with Gasteiger partial charge >= 0.3 is 5.97 Å². The van der Waals surface area contributed by atoms with E-state index in [2.05, 4.69) is 15.9 Å². The number of unbranched alkanes of at least 4 members (excludes halogenated alkanes) is 1. The van der Waals surface area contributed by atoms with Crippen molar-refractivity contribution in [3.8, 4) is 0 Å². The quantitative estimate of drug-likeness (QED) is 0.429. The second kappa shape index (κ2) is 6.25. The number of carbonyl (C=O) groups excluding carboxylic acids is 2. The van der Waals surface area contributed by atoms with Crippen LogP contribution in [0.1, 0.15) is 19.8 Å². The average Bonchev–Trinajstić information content (AvgIpc) is 3.24. The van der Waals surface area contributed by atoms with Crippen molar-refractivity contribution >= 4 is 33.5 Å². The molecule has 0 aromatic heterocycles. The molecule has 1 amide bonds. The zero-order chi connectivity index (χ0) is 17.6. The van der Waals surface area contributed by atoms with Crippen molar-refractivity contribution < 1.29 is 19.1 Å². The molecular weight excluding hydrogens is 386 g/mol. The zero-order valence-electron chi connectivity index (χ0n) is 14.0. The number of carbonyl (C=O) groups is 2. The van der Waals surface area contributed by atoms with Gasteiger partial charge in [-0.25, -0.2) is 0 Å². The van der Waals surface area contributed by atoms with E-state index in [9.17, 15) is 9.59 Å². The predicted octanol–water partition coefficient (Wildman–Crippen LogP) is 3.08. The van der Waals surface area contributed by atoms with E-state index in [0.29, 0.717) is 13.2 Å². The highest BCUT2D eigenvalue weighted by Gasteiger charge is 2.67. The third kappa shape index (κ3) is 2.62. The van der Waals surface area contributed by atoms with Crippen molar-refractivity contribution in [1.82, 2.24) is 0 Å². The van der Waals surface area contributed by atoms with Crippen LogP contribution in [0.3, 0.4) is 0 Å². The Hall–Kier alpha value is -1.66. The van der Waals surface area contributed by atoms with Crippen LogP contribution in [0.25, 0.3) is 0 Å². The maximum absolute atomic E-state index is 13.1. The fourth-order valence-corrected chi connectivity index (χ4v) is 4.28. The molecule has 1 aromatic rings. The third-order valence-corrected chi connectivity index (χ3v) is 5.78. The number of hydrogen-bond donors (Lipinski definition) is 0. The summed E-state index contributed by atoms with van der Waals surface area (Å²) in [7, 11) is 0. The van der Waals surface area contributed by atoms with E-state index in [1.807, 2.05) is 43.3 Å². The lowest BCUT2D eigenvalue weighted by Crippen LogP contribution is -2.40. The number of benzene rings is 1. The second-order valence-corrected chi connectivity index (χ2v) is 7.74. The molecule has 2 bridgehead atoms. The number of nitrogens with zero attached hydrogens (tertiary/aromatic N) is 1. The topological polar surface area (TPSA) is 55.8 Å². The molecular formula is C19H20BrNO4. The Morgan fingerprint density at radius 1 is 1.40 bits per heavy atom. The molecule has 4 atom stereocenters. The van der Waals surface area contributed by atoms with Crippen LogP contribution in [0.2, 0.25) is 0 Å². The highest BCUT2D eigenvalue weighted by atomic mass is 79.9. The summed E-state index contributed by atoms with van der Waals surface area (Å²) < 4.78 is 12.4. The summed E-state index contributed by atoms with van der Waals surface area (Å²) in [6.07, 6.45) is 5.29. The van der Waals surface area contributed by atoms with Crippen LogP contribution in [-0.4, -0.2) is 36.7 Å². The molecule has 2 saturated heterocycles. The Morgan fingerprint density at radius 3 is 2.88 bits per heavy atom. The molecule has 0 aliphatic carbocycles. The maximum atomic E-state index is 13.1. The Balaban J connectivity index is 1.59. The van der Waals surface area contributed by atoms with Gasteiger partial charge in [0, 0.05) is 10.2 Å². The Labute approximate surface area is 155 Å². The van der Waals surface area contributed by atoms with Gasteiger partial charge in [0.25, 0.3) is 0 Å². The zero-order valence-corrected chi connectivity index (χ0v) is 15.6. The van der Waals surface area contributed by atoms with Gasteiger partial charge in [-0.05, 0) is 30.7 Å². The first kappa shape index (κ1) is 16.8. The van der Waals surface area contributed by atoms with Gasteiger partial charge in [0.15, 0.2) is 0 Å². The number of halogens is 1. The molecule has 3 aliphatic rings. The summed E-state index contributed by atoms with van der Waals surface area (Å²) in [6, 6.07) is 7.59. The lowest BCUT2D eigenvalue weighted by atomic mass is 9.77. The van der Waals surface area contributed by atoms with E-state index < -0.39 is 17.4 Å². The van der Waals surface area contributed by atoms with Crippen LogP contribution in [0.5, 0.6) is 0 Å². The first-order valence-electron chi connectivity index (χ1n) is 8.66. The van der Waals surface area contributed by atoms with Crippen LogP contribution in [0.4, 0.5) is 5.69 Å². The number of rotatable bonds is 5. The first-order chi connectivity index (χ1) is 12.1. The van der Waals surface area contributed by atoms with Gasteiger partial charge in [-0.3, -0.25) is 9.59 Å². The average molecular weight is 406 g/mol. The molecule has 0 radical (unpaired) electrons. The Bertz CT molecular complexity index is 731. The second-order valence-electron chi connectivity index (χ2n) is 6.82. The smallest absolute Gasteiger partial charge is 0.312 e. The summed E-state index contributed by atoms with van der Waals surface area (Å²) in [4.78, 5) is 27.4. The molecule has 0 saturated carbocycles. The molecule has 1 spiro atoms. The third-order valence-electron chi connectivity index (χ3n) is 5.25. The summed E-state index contributed by atoms with van der Waals surface area (Å²) in [5, 5.41) is 0. The normalized spacial score (nSPS) is 32.3. The molecule has 3 heterocycles. The number of hydrogen-bond acceptors (Lipinski definition) is 4. The molecule has 2 fully saturated rings. The van der Waals surface area contributed by atoms with E-state index in [1.54, 1.807) is 4.90 Å². The monoisotopic (exact) mass is 405 g/mol. The van der Waals surface area contributed by atoms with Crippen molar-refractivity contribution in [3.05, 3.63) is 40.9 Å². The molecule has 0 unspecified atom stereocenters. The Morgan fingerprint density at radius 2 is 2.16 bits per heavy atom. The van der Waals surface area contributed by atoms with E-state index in [4.69, 9.17) is 9.47 Å². The minimum Gasteiger partial charge on any atom is -0.465 e. The summed E-state index contributed by atoms with van der Waals surface area (Å²) >= 11 is 3.41. The first-order valence-corrected chi connectivity index (χ1v) is 9.46. The minimum absolute atomic E-state index is 0.0633. The standard InChI is InChI=1S/C19H20BrNO4/c1-2-3-10-24-18(23)15-14-8-9-19(25-14)11-21(17(22)16(15)19)13-6-4-12(20)5-7-13/h4-9,14-16H,2-3,10-11H2,1H3/t14-,15-,16-,19-/m0/s1. The molecule has 1 aromatic carbocycles. The summed E-state index contributed by atoms with van der Waals surface area (Å²) in [6.45, 7) is 2.87. The van der Waals surface area contributed by atoms with Gasteiger partial charge in [-0.1, -0.05) is 41.4 Å². The van der Waals surface area contributed by atoms with Crippen molar-refractivity contribution in [2.45, 2.75) is 31.5 Å². The maximum Gasteiger partial charge on any atom is 0.312 e. The lowest BCUT2D eigenvalue weighted by molar-refractivity contribution is -0.152. The SMILES string of the molecule is CCCCOC(=O)[C@H]1[C@@H]2C=C[C@@]3(CN(c4ccc(Br)cc4)C(=O)[C@H]13)O2. The molecule has 6 heteroatoms. The molecule has 132 valence electrons. The van der Waals surface area contributed by atoms with Gasteiger partial charge in [-0.2, -0.15) is 0 Å². The van der Waals surface area contributed by atoms with Crippen molar-refractivity contribution in [3.63, 3.8) is 0 Å². The minimum atomic E-state index is -0.705.